The number of carbonyl (C=O) groups is 1. The van der Waals surface area contributed by atoms with Gasteiger partial charge in [-0.3, -0.25) is 0 Å². The van der Waals surface area contributed by atoms with Crippen LogP contribution >= 0.6 is 0 Å². The van der Waals surface area contributed by atoms with Crippen LogP contribution in [-0.2, 0) is 4.74 Å². The lowest BCUT2D eigenvalue weighted by atomic mass is 10.2. The molecule has 0 saturated heterocycles. The molecule has 0 fully saturated rings. The minimum atomic E-state index is -0.589. The Labute approximate surface area is 113 Å². The Morgan fingerprint density at radius 1 is 1.21 bits per heavy atom. The molecule has 3 N–H and O–H groups in total. The summed E-state index contributed by atoms with van der Waals surface area (Å²) < 4.78 is 5.00. The van der Waals surface area contributed by atoms with E-state index < -0.39 is 11.7 Å². The zero-order valence-corrected chi connectivity index (χ0v) is 11.2. The van der Waals surface area contributed by atoms with Gasteiger partial charge in [0.05, 0.1) is 0 Å². The number of alkyl carbamates (subject to hydrolysis) is 1. The molecule has 4 heteroatoms. The number of hydrogen-bond acceptors (Lipinski definition) is 3. The largest absolute Gasteiger partial charge is 0.443 e. The van der Waals surface area contributed by atoms with Crippen molar-refractivity contribution in [3.63, 3.8) is 0 Å². The molecule has 0 spiro atoms. The van der Waals surface area contributed by atoms with Crippen molar-refractivity contribution in [2.24, 2.45) is 0 Å². The first-order valence-corrected chi connectivity index (χ1v) is 5.72. The Morgan fingerprint density at radius 3 is 2.42 bits per heavy atom. The summed E-state index contributed by atoms with van der Waals surface area (Å²) in [6, 6.07) is 9.53. The predicted molar refractivity (Wildman–Crippen MR) is 74.9 cm³/mol. The maximum Gasteiger partial charge on any atom is 0.419 e. The molecule has 0 bridgehead atoms. The summed E-state index contributed by atoms with van der Waals surface area (Å²) in [7, 11) is 0. The molecule has 0 aliphatic carbocycles. The lowest BCUT2D eigenvalue weighted by Gasteiger charge is -2.18. The van der Waals surface area contributed by atoms with Crippen molar-refractivity contribution >= 4 is 11.8 Å². The zero-order valence-electron chi connectivity index (χ0n) is 11.2. The SMILES string of the molecule is CC(C)(C)OC(=O)NC#CC#Cc1ccc(N)cc1. The van der Waals surface area contributed by atoms with Gasteiger partial charge in [0.2, 0.25) is 0 Å². The molecule has 4 nitrogen and oxygen atoms in total. The van der Waals surface area contributed by atoms with Gasteiger partial charge in [0.1, 0.15) is 5.60 Å². The van der Waals surface area contributed by atoms with Crippen LogP contribution in [0.1, 0.15) is 26.3 Å². The van der Waals surface area contributed by atoms with E-state index in [4.69, 9.17) is 10.5 Å². The second-order valence-corrected chi connectivity index (χ2v) is 4.75. The summed E-state index contributed by atoms with van der Waals surface area (Å²) in [5, 5.41) is 2.29. The Balaban J connectivity index is 2.48. The topological polar surface area (TPSA) is 64.3 Å². The standard InChI is InChI=1S/C15H16N2O2/c1-15(2,3)19-14(18)17-11-5-4-6-12-7-9-13(16)10-8-12/h7-10H,16H2,1-3H3,(H,17,18). The van der Waals surface area contributed by atoms with Crippen LogP contribution in [0.3, 0.4) is 0 Å². The Hall–Kier alpha value is -2.59. The number of benzene rings is 1. The molecule has 19 heavy (non-hydrogen) atoms. The Kier molecular flexibility index (Phi) is 4.85. The molecule has 0 aliphatic rings. The van der Waals surface area contributed by atoms with E-state index in [0.29, 0.717) is 5.69 Å². The number of anilines is 1. The lowest BCUT2D eigenvalue weighted by molar-refractivity contribution is 0.0557. The van der Waals surface area contributed by atoms with Crippen LogP contribution in [0.25, 0.3) is 0 Å². The first-order chi connectivity index (χ1) is 8.87. The van der Waals surface area contributed by atoms with Crippen LogP contribution in [0.15, 0.2) is 24.3 Å². The summed E-state index contributed by atoms with van der Waals surface area (Å²) in [6.07, 6.45) is -0.589. The van der Waals surface area contributed by atoms with Crippen LogP contribution in [0.2, 0.25) is 0 Å². The van der Waals surface area contributed by atoms with E-state index in [0.717, 1.165) is 5.56 Å². The van der Waals surface area contributed by atoms with Crippen LogP contribution in [0.5, 0.6) is 0 Å². The van der Waals surface area contributed by atoms with Crippen molar-refractivity contribution < 1.29 is 9.53 Å². The highest BCUT2D eigenvalue weighted by Gasteiger charge is 2.14. The fourth-order valence-electron chi connectivity index (χ4n) is 1.09. The molecule has 0 radical (unpaired) electrons. The molecule has 1 aromatic carbocycles. The normalized spacial score (nSPS) is 9.42. The van der Waals surface area contributed by atoms with Crippen molar-refractivity contribution in [1.82, 2.24) is 5.32 Å². The molecule has 0 aliphatic heterocycles. The van der Waals surface area contributed by atoms with Gasteiger partial charge >= 0.3 is 6.09 Å². The van der Waals surface area contributed by atoms with E-state index in [2.05, 4.69) is 29.1 Å². The monoisotopic (exact) mass is 256 g/mol. The van der Waals surface area contributed by atoms with E-state index in [-0.39, 0.29) is 0 Å². The van der Waals surface area contributed by atoms with Gasteiger partial charge in [-0.05, 0) is 51.0 Å². The first kappa shape index (κ1) is 14.5. The third-order valence-corrected chi connectivity index (χ3v) is 1.81. The van der Waals surface area contributed by atoms with Crippen molar-refractivity contribution in [1.29, 1.82) is 0 Å². The fourth-order valence-corrected chi connectivity index (χ4v) is 1.09. The quantitative estimate of drug-likeness (QED) is 0.424. The minimum absolute atomic E-state index is 0.540. The molecule has 1 aromatic rings. The van der Waals surface area contributed by atoms with Crippen molar-refractivity contribution in [3.8, 4) is 23.8 Å². The van der Waals surface area contributed by atoms with Gasteiger partial charge in [-0.25, -0.2) is 10.1 Å². The van der Waals surface area contributed by atoms with Gasteiger partial charge in [0, 0.05) is 23.2 Å². The summed E-state index contributed by atoms with van der Waals surface area (Å²) in [6.45, 7) is 5.34. The number of nitrogens with two attached hydrogens (primary N) is 1. The number of nitrogen functional groups attached to an aromatic ring is 1. The highest BCUT2D eigenvalue weighted by atomic mass is 16.6. The van der Waals surface area contributed by atoms with Crippen molar-refractivity contribution in [2.45, 2.75) is 26.4 Å². The van der Waals surface area contributed by atoms with Crippen LogP contribution in [-0.4, -0.2) is 11.7 Å². The Morgan fingerprint density at radius 2 is 1.84 bits per heavy atom. The van der Waals surface area contributed by atoms with E-state index in [9.17, 15) is 4.79 Å². The molecule has 0 heterocycles. The third kappa shape index (κ3) is 6.65. The van der Waals surface area contributed by atoms with Gasteiger partial charge in [-0.1, -0.05) is 5.92 Å². The summed E-state index contributed by atoms with van der Waals surface area (Å²) in [5.74, 6) is 7.95. The maximum absolute atomic E-state index is 11.2. The van der Waals surface area contributed by atoms with E-state index in [1.807, 2.05) is 0 Å². The molecular formula is C15H16N2O2. The summed E-state index contributed by atoms with van der Waals surface area (Å²) >= 11 is 0. The first-order valence-electron chi connectivity index (χ1n) is 5.72. The van der Waals surface area contributed by atoms with Crippen LogP contribution in [0.4, 0.5) is 10.5 Å². The molecule has 1 rings (SSSR count). The van der Waals surface area contributed by atoms with E-state index in [1.165, 1.54) is 0 Å². The second-order valence-electron chi connectivity index (χ2n) is 4.75. The predicted octanol–water partition coefficient (Wildman–Crippen LogP) is 2.11. The molecule has 98 valence electrons. The van der Waals surface area contributed by atoms with Crippen LogP contribution in [0, 0.1) is 23.8 Å². The van der Waals surface area contributed by atoms with Crippen molar-refractivity contribution in [3.05, 3.63) is 29.8 Å². The fraction of sp³-hybridized carbons (Fsp3) is 0.267. The third-order valence-electron chi connectivity index (χ3n) is 1.81. The van der Waals surface area contributed by atoms with Gasteiger partial charge in [0.25, 0.3) is 0 Å². The number of amides is 1. The molecule has 0 aromatic heterocycles. The van der Waals surface area contributed by atoms with Crippen LogP contribution < -0.4 is 11.1 Å². The van der Waals surface area contributed by atoms with Crippen molar-refractivity contribution in [2.75, 3.05) is 5.73 Å². The molecule has 0 saturated carbocycles. The van der Waals surface area contributed by atoms with Gasteiger partial charge in [0.15, 0.2) is 0 Å². The highest BCUT2D eigenvalue weighted by molar-refractivity contribution is 5.70. The molecular weight excluding hydrogens is 240 g/mol. The van der Waals surface area contributed by atoms with Gasteiger partial charge in [-0.15, -0.1) is 0 Å². The zero-order chi connectivity index (χ0) is 14.3. The number of ether oxygens (including phenoxy) is 1. The average Bonchev–Trinajstić information content (AvgIpc) is 2.29. The summed E-state index contributed by atoms with van der Waals surface area (Å²) in [5.41, 5.74) is 6.50. The number of rotatable bonds is 0. The Bertz CT molecular complexity index is 561. The van der Waals surface area contributed by atoms with E-state index >= 15 is 0 Å². The van der Waals surface area contributed by atoms with Gasteiger partial charge in [-0.2, -0.15) is 0 Å². The molecule has 1 amide bonds. The maximum atomic E-state index is 11.2. The van der Waals surface area contributed by atoms with Gasteiger partial charge < -0.3 is 10.5 Å². The second kappa shape index (κ2) is 6.37. The lowest BCUT2D eigenvalue weighted by Crippen LogP contribution is -2.29. The average molecular weight is 256 g/mol. The highest BCUT2D eigenvalue weighted by Crippen LogP contribution is 2.06. The number of nitrogens with one attached hydrogen (secondary N) is 1. The number of carbonyl (C=O) groups excluding carboxylic acids is 1. The molecule has 0 unspecified atom stereocenters. The van der Waals surface area contributed by atoms with E-state index in [1.54, 1.807) is 45.0 Å². The molecule has 0 atom stereocenters. The summed E-state index contributed by atoms with van der Waals surface area (Å²) in [4.78, 5) is 11.2. The minimum Gasteiger partial charge on any atom is -0.443 e. The number of hydrogen-bond donors (Lipinski definition) is 2. The smallest absolute Gasteiger partial charge is 0.419 e.